The van der Waals surface area contributed by atoms with Crippen LogP contribution in [0.3, 0.4) is 0 Å². The highest BCUT2D eigenvalue weighted by Crippen LogP contribution is 2.29. The quantitative estimate of drug-likeness (QED) is 0.224. The van der Waals surface area contributed by atoms with Crippen LogP contribution in [0.5, 0.6) is 0 Å². The Bertz CT molecular complexity index is 1580. The number of nitrogens with zero attached hydrogens (tertiary/aromatic N) is 1. The molecular weight excluding hydrogens is 664 g/mol. The number of rotatable bonds is 10. The van der Waals surface area contributed by atoms with Crippen molar-refractivity contribution in [2.45, 2.75) is 117 Å². The highest BCUT2D eigenvalue weighted by Gasteiger charge is 2.31. The number of carboxylic acids is 1. The van der Waals surface area contributed by atoms with Gasteiger partial charge in [0.15, 0.2) is 0 Å². The molecule has 1 atom stereocenters. The SMILES string of the molecule is Cc1cc(C(=O)NC2CCN(C(=O)OC(C)(C)C)CC2)ccc1-c1ccc(C[C@H](NC(=O)C2CCC(CNC(=O)OC(C)(C)C)CC2)C(=O)O)cc1. The summed E-state index contributed by atoms with van der Waals surface area (Å²) in [6.07, 6.45) is 3.43. The third-order valence-electron chi connectivity index (χ3n) is 9.44. The van der Waals surface area contributed by atoms with Gasteiger partial charge in [-0.2, -0.15) is 0 Å². The van der Waals surface area contributed by atoms with Crippen LogP contribution >= 0.6 is 0 Å². The molecule has 1 aliphatic heterocycles. The fraction of sp³-hybridized carbons (Fsp3) is 0.575. The van der Waals surface area contributed by atoms with Gasteiger partial charge in [-0.1, -0.05) is 30.3 Å². The molecule has 12 nitrogen and oxygen atoms in total. The van der Waals surface area contributed by atoms with Crippen molar-refractivity contribution < 1.29 is 38.6 Å². The molecule has 1 heterocycles. The monoisotopic (exact) mass is 720 g/mol. The second kappa shape index (κ2) is 17.3. The third kappa shape index (κ3) is 12.3. The number of carbonyl (C=O) groups is 5. The van der Waals surface area contributed by atoms with E-state index in [-0.39, 0.29) is 42.2 Å². The number of likely N-dealkylation sites (tertiary alicyclic amines) is 1. The smallest absolute Gasteiger partial charge is 0.410 e. The first-order chi connectivity index (χ1) is 24.4. The molecule has 4 amide bonds. The van der Waals surface area contributed by atoms with Gasteiger partial charge in [-0.25, -0.2) is 14.4 Å². The van der Waals surface area contributed by atoms with E-state index in [1.165, 1.54) is 0 Å². The average Bonchev–Trinajstić information content (AvgIpc) is 3.06. The van der Waals surface area contributed by atoms with Crippen molar-refractivity contribution >= 4 is 30.0 Å². The van der Waals surface area contributed by atoms with Crippen molar-refractivity contribution in [2.24, 2.45) is 11.8 Å². The predicted octanol–water partition coefficient (Wildman–Crippen LogP) is 6.23. The average molecular weight is 721 g/mol. The minimum absolute atomic E-state index is 0.0343. The lowest BCUT2D eigenvalue weighted by molar-refractivity contribution is -0.142. The van der Waals surface area contributed by atoms with Gasteiger partial charge in [-0.15, -0.1) is 0 Å². The van der Waals surface area contributed by atoms with Crippen LogP contribution in [0.2, 0.25) is 0 Å². The lowest BCUT2D eigenvalue weighted by Gasteiger charge is -2.33. The van der Waals surface area contributed by atoms with E-state index in [2.05, 4.69) is 16.0 Å². The number of carbonyl (C=O) groups excluding carboxylic acids is 4. The van der Waals surface area contributed by atoms with E-state index in [1.54, 1.807) is 11.0 Å². The van der Waals surface area contributed by atoms with E-state index in [0.29, 0.717) is 50.9 Å². The Morgan fingerprint density at radius 2 is 1.46 bits per heavy atom. The van der Waals surface area contributed by atoms with Crippen LogP contribution in [0, 0.1) is 18.8 Å². The maximum atomic E-state index is 13.1. The number of hydrogen-bond acceptors (Lipinski definition) is 7. The van der Waals surface area contributed by atoms with Gasteiger partial charge in [-0.3, -0.25) is 9.59 Å². The zero-order valence-electron chi connectivity index (χ0n) is 31.7. The van der Waals surface area contributed by atoms with Crippen molar-refractivity contribution in [1.82, 2.24) is 20.9 Å². The van der Waals surface area contributed by atoms with E-state index >= 15 is 0 Å². The molecule has 52 heavy (non-hydrogen) atoms. The standard InChI is InChI=1S/C40H56N4O8/c1-25-22-30(35(46)42-31-18-20-44(21-19-31)38(50)52-40(5,6)7)16-17-32(25)28-12-8-26(9-13-28)23-33(36(47)48)43-34(45)29-14-10-27(11-15-29)24-41-37(49)51-39(2,3)4/h8-9,12-13,16-17,22,27,29,31,33H,10-11,14-15,18-21,23-24H2,1-7H3,(H,41,49)(H,42,46)(H,43,45)(H,47,48)/t27?,29?,33-/m0/s1. The molecule has 12 heteroatoms. The van der Waals surface area contributed by atoms with E-state index < -0.39 is 29.3 Å². The summed E-state index contributed by atoms with van der Waals surface area (Å²) in [6.45, 7) is 14.4. The summed E-state index contributed by atoms with van der Waals surface area (Å²) in [6, 6.07) is 12.0. The van der Waals surface area contributed by atoms with Crippen LogP contribution in [0.4, 0.5) is 9.59 Å². The van der Waals surface area contributed by atoms with Crippen molar-refractivity contribution in [3.05, 3.63) is 59.2 Å². The van der Waals surface area contributed by atoms with Crippen molar-refractivity contribution in [1.29, 1.82) is 0 Å². The summed E-state index contributed by atoms with van der Waals surface area (Å²) >= 11 is 0. The molecule has 2 fully saturated rings. The number of aryl methyl sites for hydroxylation is 1. The first-order valence-corrected chi connectivity index (χ1v) is 18.4. The van der Waals surface area contributed by atoms with Gasteiger partial charge in [0.2, 0.25) is 5.91 Å². The zero-order valence-corrected chi connectivity index (χ0v) is 31.7. The second-order valence-electron chi connectivity index (χ2n) is 16.1. The number of amides is 4. The number of hydrogen-bond donors (Lipinski definition) is 4. The van der Waals surface area contributed by atoms with Gasteiger partial charge >= 0.3 is 18.2 Å². The summed E-state index contributed by atoms with van der Waals surface area (Å²) in [5, 5.41) is 18.6. The molecule has 0 aromatic heterocycles. The van der Waals surface area contributed by atoms with Crippen LogP contribution in [-0.2, 0) is 25.5 Å². The summed E-state index contributed by atoms with van der Waals surface area (Å²) in [4.78, 5) is 64.3. The van der Waals surface area contributed by atoms with Crippen LogP contribution in [0.25, 0.3) is 11.1 Å². The number of carboxylic acid groups (broad SMARTS) is 1. The van der Waals surface area contributed by atoms with E-state index in [9.17, 15) is 29.1 Å². The van der Waals surface area contributed by atoms with Crippen LogP contribution in [-0.4, -0.2) is 82.9 Å². The normalized spacial score (nSPS) is 18.9. The Morgan fingerprint density at radius 3 is 2.02 bits per heavy atom. The molecule has 4 N–H and O–H groups in total. The molecule has 0 radical (unpaired) electrons. The molecule has 284 valence electrons. The Kier molecular flexibility index (Phi) is 13.3. The molecule has 1 aliphatic carbocycles. The van der Waals surface area contributed by atoms with Crippen LogP contribution < -0.4 is 16.0 Å². The molecule has 2 aliphatic rings. The lowest BCUT2D eigenvalue weighted by Crippen LogP contribution is -2.47. The molecule has 0 unspecified atom stereocenters. The first-order valence-electron chi connectivity index (χ1n) is 18.4. The highest BCUT2D eigenvalue weighted by molar-refractivity contribution is 5.95. The number of aliphatic carboxylic acids is 1. The maximum Gasteiger partial charge on any atom is 0.410 e. The van der Waals surface area contributed by atoms with Gasteiger partial charge in [0.25, 0.3) is 5.91 Å². The highest BCUT2D eigenvalue weighted by atomic mass is 16.6. The number of nitrogens with one attached hydrogen (secondary N) is 3. The molecule has 0 spiro atoms. The number of piperidine rings is 1. The third-order valence-corrected chi connectivity index (χ3v) is 9.44. The van der Waals surface area contributed by atoms with E-state index in [1.807, 2.05) is 84.9 Å². The predicted molar refractivity (Wildman–Crippen MR) is 198 cm³/mol. The molecule has 2 aromatic carbocycles. The largest absolute Gasteiger partial charge is 0.480 e. The zero-order chi connectivity index (χ0) is 38.2. The maximum absolute atomic E-state index is 13.1. The molecule has 2 aromatic rings. The van der Waals surface area contributed by atoms with Crippen molar-refractivity contribution in [3.8, 4) is 11.1 Å². The van der Waals surface area contributed by atoms with Gasteiger partial charge in [0, 0.05) is 43.6 Å². The summed E-state index contributed by atoms with van der Waals surface area (Å²) < 4.78 is 10.8. The first kappa shape index (κ1) is 40.2. The summed E-state index contributed by atoms with van der Waals surface area (Å²) in [7, 11) is 0. The molecule has 1 saturated heterocycles. The van der Waals surface area contributed by atoms with Gasteiger partial charge in [-0.05, 0) is 127 Å². The van der Waals surface area contributed by atoms with Gasteiger partial charge < -0.3 is 35.4 Å². The Morgan fingerprint density at radius 1 is 0.846 bits per heavy atom. The fourth-order valence-corrected chi connectivity index (χ4v) is 6.65. The summed E-state index contributed by atoms with van der Waals surface area (Å²) in [5.74, 6) is -1.54. The Balaban J connectivity index is 1.25. The number of alkyl carbamates (subject to hydrolysis) is 1. The van der Waals surface area contributed by atoms with Crippen LogP contribution in [0.15, 0.2) is 42.5 Å². The summed E-state index contributed by atoms with van der Waals surface area (Å²) in [5.41, 5.74) is 3.02. The lowest BCUT2D eigenvalue weighted by atomic mass is 9.81. The number of ether oxygens (including phenoxy) is 2. The van der Waals surface area contributed by atoms with E-state index in [4.69, 9.17) is 9.47 Å². The Hall–Kier alpha value is -4.61. The van der Waals surface area contributed by atoms with Gasteiger partial charge in [0.1, 0.15) is 17.2 Å². The molecule has 4 rings (SSSR count). The van der Waals surface area contributed by atoms with Crippen molar-refractivity contribution in [3.63, 3.8) is 0 Å². The minimum atomic E-state index is -1.09. The Labute approximate surface area is 307 Å². The molecule has 0 bridgehead atoms. The van der Waals surface area contributed by atoms with Gasteiger partial charge in [0.05, 0.1) is 0 Å². The molecular formula is C40H56N4O8. The molecule has 1 saturated carbocycles. The minimum Gasteiger partial charge on any atom is -0.480 e. The van der Waals surface area contributed by atoms with E-state index in [0.717, 1.165) is 35.1 Å². The van der Waals surface area contributed by atoms with Crippen molar-refractivity contribution in [2.75, 3.05) is 19.6 Å². The second-order valence-corrected chi connectivity index (χ2v) is 16.1. The van der Waals surface area contributed by atoms with Crippen LogP contribution in [0.1, 0.15) is 102 Å². The topological polar surface area (TPSA) is 163 Å². The number of benzene rings is 2. The fourth-order valence-electron chi connectivity index (χ4n) is 6.65.